The second-order valence-corrected chi connectivity index (χ2v) is 6.21. The molecule has 102 valence electrons. The fourth-order valence-corrected chi connectivity index (χ4v) is 3.24. The third kappa shape index (κ3) is 7.32. The molecule has 0 spiro atoms. The van der Waals surface area contributed by atoms with Crippen molar-refractivity contribution in [3.05, 3.63) is 0 Å². The molecule has 1 N–H and O–H groups in total. The van der Waals surface area contributed by atoms with Gasteiger partial charge in [-0.15, -0.1) is 0 Å². The van der Waals surface area contributed by atoms with Gasteiger partial charge in [-0.05, 0) is 38.9 Å². The van der Waals surface area contributed by atoms with E-state index in [9.17, 15) is 0 Å². The minimum absolute atomic E-state index is 0.763. The SMILES string of the molecule is CCCCN(CCCC)CCC1CSCCN1. The summed E-state index contributed by atoms with van der Waals surface area (Å²) in [4.78, 5) is 2.67. The maximum Gasteiger partial charge on any atom is 0.0170 e. The molecule has 0 aromatic heterocycles. The fourth-order valence-electron chi connectivity index (χ4n) is 2.24. The number of rotatable bonds is 9. The normalized spacial score (nSPS) is 21.0. The van der Waals surface area contributed by atoms with Crippen LogP contribution in [0, 0.1) is 0 Å². The van der Waals surface area contributed by atoms with Gasteiger partial charge in [0.2, 0.25) is 0 Å². The van der Waals surface area contributed by atoms with Crippen LogP contribution < -0.4 is 5.32 Å². The van der Waals surface area contributed by atoms with Gasteiger partial charge in [-0.3, -0.25) is 0 Å². The van der Waals surface area contributed by atoms with E-state index < -0.39 is 0 Å². The Morgan fingerprint density at radius 3 is 2.35 bits per heavy atom. The second-order valence-electron chi connectivity index (χ2n) is 5.06. The number of thioether (sulfide) groups is 1. The summed E-state index contributed by atoms with van der Waals surface area (Å²) >= 11 is 2.11. The quantitative estimate of drug-likeness (QED) is 0.684. The summed E-state index contributed by atoms with van der Waals surface area (Å²) in [5.41, 5.74) is 0. The van der Waals surface area contributed by atoms with E-state index in [1.165, 1.54) is 69.8 Å². The van der Waals surface area contributed by atoms with Crippen molar-refractivity contribution in [3.63, 3.8) is 0 Å². The van der Waals surface area contributed by atoms with E-state index in [-0.39, 0.29) is 0 Å². The first-order valence-electron chi connectivity index (χ1n) is 7.40. The summed E-state index contributed by atoms with van der Waals surface area (Å²) in [7, 11) is 0. The Labute approximate surface area is 112 Å². The lowest BCUT2D eigenvalue weighted by molar-refractivity contribution is 0.252. The number of unbranched alkanes of at least 4 members (excludes halogenated alkanes) is 2. The van der Waals surface area contributed by atoms with Crippen molar-refractivity contribution in [2.24, 2.45) is 0 Å². The van der Waals surface area contributed by atoms with Crippen LogP contribution in [0.4, 0.5) is 0 Å². The monoisotopic (exact) mass is 258 g/mol. The third-order valence-electron chi connectivity index (χ3n) is 3.45. The Balaban J connectivity index is 2.16. The van der Waals surface area contributed by atoms with Gasteiger partial charge >= 0.3 is 0 Å². The van der Waals surface area contributed by atoms with Crippen molar-refractivity contribution in [2.45, 2.75) is 52.0 Å². The van der Waals surface area contributed by atoms with E-state index in [1.807, 2.05) is 0 Å². The Kier molecular flexibility index (Phi) is 9.21. The molecule has 0 aromatic rings. The van der Waals surface area contributed by atoms with Crippen LogP contribution in [0.25, 0.3) is 0 Å². The Morgan fingerprint density at radius 2 is 1.82 bits per heavy atom. The van der Waals surface area contributed by atoms with Gasteiger partial charge in [-0.2, -0.15) is 11.8 Å². The highest BCUT2D eigenvalue weighted by Gasteiger charge is 2.14. The van der Waals surface area contributed by atoms with Crippen LogP contribution in [0.1, 0.15) is 46.0 Å². The highest BCUT2D eigenvalue weighted by molar-refractivity contribution is 7.99. The lowest BCUT2D eigenvalue weighted by atomic mass is 10.2. The van der Waals surface area contributed by atoms with E-state index >= 15 is 0 Å². The van der Waals surface area contributed by atoms with Crippen LogP contribution in [-0.4, -0.2) is 48.6 Å². The molecule has 1 saturated heterocycles. The fraction of sp³-hybridized carbons (Fsp3) is 1.00. The summed E-state index contributed by atoms with van der Waals surface area (Å²) < 4.78 is 0. The molecule has 0 aliphatic carbocycles. The number of hydrogen-bond acceptors (Lipinski definition) is 3. The molecule has 0 amide bonds. The minimum atomic E-state index is 0.763. The first-order chi connectivity index (χ1) is 8.36. The predicted molar refractivity (Wildman–Crippen MR) is 80.0 cm³/mol. The molecule has 3 heteroatoms. The van der Waals surface area contributed by atoms with Crippen LogP contribution in [0.5, 0.6) is 0 Å². The summed E-state index contributed by atoms with van der Waals surface area (Å²) in [6, 6.07) is 0.763. The number of nitrogens with one attached hydrogen (secondary N) is 1. The first kappa shape index (κ1) is 15.3. The summed E-state index contributed by atoms with van der Waals surface area (Å²) in [6.07, 6.45) is 6.69. The molecule has 2 nitrogen and oxygen atoms in total. The van der Waals surface area contributed by atoms with Crippen LogP contribution >= 0.6 is 11.8 Å². The zero-order valence-corrected chi connectivity index (χ0v) is 12.5. The van der Waals surface area contributed by atoms with Crippen molar-refractivity contribution in [3.8, 4) is 0 Å². The maximum absolute atomic E-state index is 3.64. The average molecular weight is 258 g/mol. The molecule has 1 fully saturated rings. The third-order valence-corrected chi connectivity index (χ3v) is 4.58. The largest absolute Gasteiger partial charge is 0.312 e. The average Bonchev–Trinajstić information content (AvgIpc) is 2.39. The van der Waals surface area contributed by atoms with Gasteiger partial charge in [-0.1, -0.05) is 26.7 Å². The molecular weight excluding hydrogens is 228 g/mol. The van der Waals surface area contributed by atoms with Gasteiger partial charge < -0.3 is 10.2 Å². The lowest BCUT2D eigenvalue weighted by Crippen LogP contribution is -2.40. The van der Waals surface area contributed by atoms with Gasteiger partial charge in [0.25, 0.3) is 0 Å². The summed E-state index contributed by atoms with van der Waals surface area (Å²) in [5, 5.41) is 3.64. The van der Waals surface area contributed by atoms with E-state index in [1.54, 1.807) is 0 Å². The molecule has 1 atom stereocenters. The predicted octanol–water partition coefficient (Wildman–Crippen LogP) is 2.98. The second kappa shape index (κ2) is 10.2. The molecule has 1 heterocycles. The topological polar surface area (TPSA) is 15.3 Å². The maximum atomic E-state index is 3.64. The summed E-state index contributed by atoms with van der Waals surface area (Å²) in [5.74, 6) is 2.61. The van der Waals surface area contributed by atoms with Crippen molar-refractivity contribution < 1.29 is 0 Å². The minimum Gasteiger partial charge on any atom is -0.312 e. The molecule has 1 aliphatic heterocycles. The molecular formula is C14H30N2S. The Bertz CT molecular complexity index is 162. The molecule has 17 heavy (non-hydrogen) atoms. The van der Waals surface area contributed by atoms with Gasteiger partial charge in [0.15, 0.2) is 0 Å². The van der Waals surface area contributed by atoms with Gasteiger partial charge in [-0.25, -0.2) is 0 Å². The molecule has 1 unspecified atom stereocenters. The van der Waals surface area contributed by atoms with Gasteiger partial charge in [0.05, 0.1) is 0 Å². The number of hydrogen-bond donors (Lipinski definition) is 1. The highest BCUT2D eigenvalue weighted by Crippen LogP contribution is 2.11. The Hall–Kier alpha value is 0.270. The number of nitrogens with zero attached hydrogens (tertiary/aromatic N) is 1. The van der Waals surface area contributed by atoms with Crippen LogP contribution in [0.15, 0.2) is 0 Å². The van der Waals surface area contributed by atoms with Crippen LogP contribution in [0.2, 0.25) is 0 Å². The zero-order valence-electron chi connectivity index (χ0n) is 11.7. The molecule has 1 aliphatic rings. The van der Waals surface area contributed by atoms with Crippen LogP contribution in [-0.2, 0) is 0 Å². The van der Waals surface area contributed by atoms with E-state index in [0.717, 1.165) is 6.04 Å². The smallest absolute Gasteiger partial charge is 0.0170 e. The highest BCUT2D eigenvalue weighted by atomic mass is 32.2. The van der Waals surface area contributed by atoms with Gasteiger partial charge in [0, 0.05) is 24.1 Å². The standard InChI is InChI=1S/C14H30N2S/c1-3-5-9-16(10-6-4-2)11-7-14-13-17-12-8-15-14/h14-15H,3-13H2,1-2H3. The van der Waals surface area contributed by atoms with E-state index in [2.05, 4.69) is 35.8 Å². The van der Waals surface area contributed by atoms with Gasteiger partial charge in [0.1, 0.15) is 0 Å². The van der Waals surface area contributed by atoms with Crippen molar-refractivity contribution in [2.75, 3.05) is 37.7 Å². The molecule has 0 aromatic carbocycles. The van der Waals surface area contributed by atoms with Crippen molar-refractivity contribution >= 4 is 11.8 Å². The Morgan fingerprint density at radius 1 is 1.12 bits per heavy atom. The molecule has 0 bridgehead atoms. The van der Waals surface area contributed by atoms with Crippen molar-refractivity contribution in [1.29, 1.82) is 0 Å². The molecule has 1 rings (SSSR count). The molecule has 0 saturated carbocycles. The van der Waals surface area contributed by atoms with Crippen LogP contribution in [0.3, 0.4) is 0 Å². The zero-order chi connectivity index (χ0) is 12.3. The first-order valence-corrected chi connectivity index (χ1v) is 8.55. The summed E-state index contributed by atoms with van der Waals surface area (Å²) in [6.45, 7) is 9.68. The lowest BCUT2D eigenvalue weighted by Gasteiger charge is -2.27. The van der Waals surface area contributed by atoms with Crippen molar-refractivity contribution in [1.82, 2.24) is 10.2 Å². The van der Waals surface area contributed by atoms with E-state index in [4.69, 9.17) is 0 Å². The van der Waals surface area contributed by atoms with E-state index in [0.29, 0.717) is 0 Å². The molecule has 0 radical (unpaired) electrons.